The van der Waals surface area contributed by atoms with E-state index >= 15 is 0 Å². The first-order valence-electron chi connectivity index (χ1n) is 3.86. The minimum absolute atomic E-state index is 0.183. The minimum Gasteiger partial charge on any atom is -0.374 e. The summed E-state index contributed by atoms with van der Waals surface area (Å²) in [6.07, 6.45) is 3.75. The SMILES string of the molecule is CCOC(C)c1ccncc1. The standard InChI is InChI=1S/C9H13NO/c1-3-11-8(2)9-4-6-10-7-5-9/h4-8H,3H2,1-2H3. The van der Waals surface area contributed by atoms with Crippen molar-refractivity contribution < 1.29 is 4.74 Å². The Kier molecular flexibility index (Phi) is 3.05. The number of nitrogens with zero attached hydrogens (tertiary/aromatic N) is 1. The van der Waals surface area contributed by atoms with Gasteiger partial charge < -0.3 is 4.74 Å². The summed E-state index contributed by atoms with van der Waals surface area (Å²) in [6, 6.07) is 3.95. The Bertz CT molecular complexity index is 198. The lowest BCUT2D eigenvalue weighted by Crippen LogP contribution is -1.98. The van der Waals surface area contributed by atoms with E-state index in [9.17, 15) is 0 Å². The summed E-state index contributed by atoms with van der Waals surface area (Å²) in [5, 5.41) is 0. The smallest absolute Gasteiger partial charge is 0.0797 e. The van der Waals surface area contributed by atoms with Crippen LogP contribution in [0, 0.1) is 0 Å². The highest BCUT2D eigenvalue weighted by molar-refractivity contribution is 5.12. The van der Waals surface area contributed by atoms with Crippen molar-refractivity contribution in [3.05, 3.63) is 30.1 Å². The summed E-state index contributed by atoms with van der Waals surface area (Å²) >= 11 is 0. The third-order valence-corrected chi connectivity index (χ3v) is 1.59. The van der Waals surface area contributed by atoms with E-state index in [4.69, 9.17) is 4.74 Å². The highest BCUT2D eigenvalue weighted by Crippen LogP contribution is 2.14. The van der Waals surface area contributed by atoms with Crippen LogP contribution in [0.2, 0.25) is 0 Å². The molecule has 1 aromatic rings. The van der Waals surface area contributed by atoms with Crippen molar-refractivity contribution in [1.29, 1.82) is 0 Å². The van der Waals surface area contributed by atoms with Crippen LogP contribution in [-0.2, 0) is 4.74 Å². The molecule has 1 atom stereocenters. The van der Waals surface area contributed by atoms with E-state index in [-0.39, 0.29) is 6.10 Å². The Labute approximate surface area is 67.2 Å². The summed E-state index contributed by atoms with van der Waals surface area (Å²) in [5.74, 6) is 0. The molecule has 0 N–H and O–H groups in total. The van der Waals surface area contributed by atoms with Crippen molar-refractivity contribution in [2.45, 2.75) is 20.0 Å². The first-order valence-corrected chi connectivity index (χ1v) is 3.86. The third-order valence-electron chi connectivity index (χ3n) is 1.59. The monoisotopic (exact) mass is 151 g/mol. The van der Waals surface area contributed by atoms with E-state index < -0.39 is 0 Å². The highest BCUT2D eigenvalue weighted by Gasteiger charge is 2.01. The molecule has 1 unspecified atom stereocenters. The summed E-state index contributed by atoms with van der Waals surface area (Å²) in [7, 11) is 0. The lowest BCUT2D eigenvalue weighted by molar-refractivity contribution is 0.0763. The van der Waals surface area contributed by atoms with Crippen LogP contribution in [0.5, 0.6) is 0 Å². The molecule has 0 saturated heterocycles. The molecule has 1 aromatic heterocycles. The third kappa shape index (κ3) is 2.31. The van der Waals surface area contributed by atoms with Gasteiger partial charge in [0, 0.05) is 19.0 Å². The van der Waals surface area contributed by atoms with E-state index in [0.29, 0.717) is 0 Å². The summed E-state index contributed by atoms with van der Waals surface area (Å²) in [6.45, 7) is 4.79. The van der Waals surface area contributed by atoms with E-state index in [2.05, 4.69) is 4.98 Å². The molecule has 1 rings (SSSR count). The van der Waals surface area contributed by atoms with E-state index in [1.54, 1.807) is 12.4 Å². The highest BCUT2D eigenvalue weighted by atomic mass is 16.5. The molecule has 11 heavy (non-hydrogen) atoms. The van der Waals surface area contributed by atoms with Crippen molar-refractivity contribution in [2.24, 2.45) is 0 Å². The molecule has 0 bridgehead atoms. The van der Waals surface area contributed by atoms with Gasteiger partial charge in [-0.05, 0) is 31.5 Å². The average Bonchev–Trinajstić information content (AvgIpc) is 2.07. The van der Waals surface area contributed by atoms with Gasteiger partial charge in [-0.3, -0.25) is 4.98 Å². The fourth-order valence-corrected chi connectivity index (χ4v) is 0.981. The molecule has 0 spiro atoms. The summed E-state index contributed by atoms with van der Waals surface area (Å²) < 4.78 is 5.40. The van der Waals surface area contributed by atoms with Gasteiger partial charge in [-0.15, -0.1) is 0 Å². The van der Waals surface area contributed by atoms with Gasteiger partial charge in [0.05, 0.1) is 6.10 Å². The molecular formula is C9H13NO. The molecule has 0 fully saturated rings. The number of ether oxygens (including phenoxy) is 1. The zero-order chi connectivity index (χ0) is 8.10. The van der Waals surface area contributed by atoms with Gasteiger partial charge in [-0.1, -0.05) is 0 Å². The number of hydrogen-bond donors (Lipinski definition) is 0. The van der Waals surface area contributed by atoms with Gasteiger partial charge in [0.15, 0.2) is 0 Å². The van der Waals surface area contributed by atoms with E-state index in [1.165, 1.54) is 5.56 Å². The van der Waals surface area contributed by atoms with Gasteiger partial charge in [0.25, 0.3) is 0 Å². The molecule has 2 nitrogen and oxygen atoms in total. The van der Waals surface area contributed by atoms with E-state index in [0.717, 1.165) is 6.61 Å². The predicted octanol–water partition coefficient (Wildman–Crippen LogP) is 2.18. The van der Waals surface area contributed by atoms with Crippen LogP contribution in [0.1, 0.15) is 25.5 Å². The van der Waals surface area contributed by atoms with Gasteiger partial charge in [-0.25, -0.2) is 0 Å². The predicted molar refractivity (Wildman–Crippen MR) is 44.3 cm³/mol. The topological polar surface area (TPSA) is 22.1 Å². The Balaban J connectivity index is 2.61. The number of aromatic nitrogens is 1. The van der Waals surface area contributed by atoms with Gasteiger partial charge in [0.2, 0.25) is 0 Å². The van der Waals surface area contributed by atoms with Crippen molar-refractivity contribution in [2.75, 3.05) is 6.61 Å². The Morgan fingerprint density at radius 2 is 2.09 bits per heavy atom. The fraction of sp³-hybridized carbons (Fsp3) is 0.444. The van der Waals surface area contributed by atoms with Crippen molar-refractivity contribution in [3.63, 3.8) is 0 Å². The Hall–Kier alpha value is -0.890. The summed E-state index contributed by atoms with van der Waals surface area (Å²) in [5.41, 5.74) is 1.18. The molecule has 0 saturated carbocycles. The molecule has 0 aliphatic carbocycles. The largest absolute Gasteiger partial charge is 0.374 e. The van der Waals surface area contributed by atoms with E-state index in [1.807, 2.05) is 26.0 Å². The van der Waals surface area contributed by atoms with Crippen LogP contribution in [-0.4, -0.2) is 11.6 Å². The van der Waals surface area contributed by atoms with Crippen LogP contribution in [0.25, 0.3) is 0 Å². The van der Waals surface area contributed by atoms with Crippen molar-refractivity contribution in [1.82, 2.24) is 4.98 Å². The molecule has 2 heteroatoms. The molecular weight excluding hydrogens is 138 g/mol. The maximum atomic E-state index is 5.40. The zero-order valence-corrected chi connectivity index (χ0v) is 6.95. The normalized spacial score (nSPS) is 12.9. The second kappa shape index (κ2) is 4.09. The van der Waals surface area contributed by atoms with Crippen molar-refractivity contribution >= 4 is 0 Å². The maximum Gasteiger partial charge on any atom is 0.0797 e. The van der Waals surface area contributed by atoms with Crippen LogP contribution >= 0.6 is 0 Å². The Morgan fingerprint density at radius 3 is 2.64 bits per heavy atom. The number of pyridine rings is 1. The Morgan fingerprint density at radius 1 is 1.45 bits per heavy atom. The molecule has 0 aliphatic rings. The maximum absolute atomic E-state index is 5.40. The molecule has 0 aromatic carbocycles. The lowest BCUT2D eigenvalue weighted by Gasteiger charge is -2.10. The van der Waals surface area contributed by atoms with Crippen LogP contribution in [0.3, 0.4) is 0 Å². The van der Waals surface area contributed by atoms with Crippen LogP contribution < -0.4 is 0 Å². The first kappa shape index (κ1) is 8.21. The summed E-state index contributed by atoms with van der Waals surface area (Å²) in [4.78, 5) is 3.93. The molecule has 0 amide bonds. The van der Waals surface area contributed by atoms with Gasteiger partial charge in [0.1, 0.15) is 0 Å². The molecule has 1 heterocycles. The quantitative estimate of drug-likeness (QED) is 0.660. The van der Waals surface area contributed by atoms with Gasteiger partial charge in [-0.2, -0.15) is 0 Å². The van der Waals surface area contributed by atoms with Crippen LogP contribution in [0.15, 0.2) is 24.5 Å². The second-order valence-electron chi connectivity index (χ2n) is 2.38. The second-order valence-corrected chi connectivity index (χ2v) is 2.38. The average molecular weight is 151 g/mol. The zero-order valence-electron chi connectivity index (χ0n) is 6.95. The molecule has 0 aliphatic heterocycles. The molecule has 60 valence electrons. The minimum atomic E-state index is 0.183. The number of rotatable bonds is 3. The van der Waals surface area contributed by atoms with Gasteiger partial charge >= 0.3 is 0 Å². The van der Waals surface area contributed by atoms with Crippen molar-refractivity contribution in [3.8, 4) is 0 Å². The number of hydrogen-bond acceptors (Lipinski definition) is 2. The van der Waals surface area contributed by atoms with Crippen LogP contribution in [0.4, 0.5) is 0 Å². The fourth-order valence-electron chi connectivity index (χ4n) is 0.981. The first-order chi connectivity index (χ1) is 5.34. The molecule has 0 radical (unpaired) electrons. The lowest BCUT2D eigenvalue weighted by atomic mass is 10.2.